The average molecular weight is 291 g/mol. The lowest BCUT2D eigenvalue weighted by atomic mass is 9.82. The lowest BCUT2D eigenvalue weighted by Gasteiger charge is -2.24. The molecular weight excluding hydrogens is 270 g/mol. The normalized spacial score (nSPS) is 16.4. The third-order valence-corrected chi connectivity index (χ3v) is 4.48. The second-order valence-corrected chi connectivity index (χ2v) is 7.74. The van der Waals surface area contributed by atoms with Gasteiger partial charge in [0.1, 0.15) is 0 Å². The van der Waals surface area contributed by atoms with E-state index in [1.807, 2.05) is 0 Å². The second kappa shape index (κ2) is 5.28. The fourth-order valence-corrected chi connectivity index (χ4v) is 3.11. The van der Waals surface area contributed by atoms with Gasteiger partial charge in [-0.15, -0.1) is 21.5 Å². The Morgan fingerprint density at radius 1 is 1.30 bits per heavy atom. The van der Waals surface area contributed by atoms with E-state index in [-0.39, 0.29) is 5.41 Å². The molecule has 2 aromatic heterocycles. The number of nitrogens with zero attached hydrogens (tertiary/aromatic N) is 3. The summed E-state index contributed by atoms with van der Waals surface area (Å²) in [5, 5.41) is 11.2. The van der Waals surface area contributed by atoms with E-state index in [0.29, 0.717) is 11.8 Å². The van der Waals surface area contributed by atoms with Gasteiger partial charge in [0.05, 0.1) is 5.69 Å². The van der Waals surface area contributed by atoms with Crippen LogP contribution in [0.25, 0.3) is 10.9 Å². The fraction of sp³-hybridized carbons (Fsp3) is 0.667. The Hall–Kier alpha value is -1.23. The molecule has 0 saturated heterocycles. The van der Waals surface area contributed by atoms with Gasteiger partial charge >= 0.3 is 0 Å². The monoisotopic (exact) mass is 291 g/mol. The minimum atomic E-state index is 0.155. The summed E-state index contributed by atoms with van der Waals surface area (Å²) in [6.45, 7) is 6.49. The van der Waals surface area contributed by atoms with Crippen molar-refractivity contribution in [2.24, 2.45) is 11.3 Å². The standard InChI is InChI=1S/C15H21N3OS/c1-15(2,3)8-12-17-18-13(19-12)14-16-11(9-20-14)7-10-5-4-6-10/h9-10H,4-8H2,1-3H3. The summed E-state index contributed by atoms with van der Waals surface area (Å²) < 4.78 is 5.73. The first-order chi connectivity index (χ1) is 9.49. The summed E-state index contributed by atoms with van der Waals surface area (Å²) in [6.07, 6.45) is 5.97. The van der Waals surface area contributed by atoms with Crippen molar-refractivity contribution < 1.29 is 4.42 Å². The Morgan fingerprint density at radius 2 is 2.10 bits per heavy atom. The molecule has 0 aliphatic heterocycles. The van der Waals surface area contributed by atoms with Crippen LogP contribution in [0.1, 0.15) is 51.6 Å². The van der Waals surface area contributed by atoms with E-state index >= 15 is 0 Å². The molecular formula is C15H21N3OS. The van der Waals surface area contributed by atoms with Crippen molar-refractivity contribution in [3.63, 3.8) is 0 Å². The summed E-state index contributed by atoms with van der Waals surface area (Å²) in [4.78, 5) is 4.63. The van der Waals surface area contributed by atoms with Gasteiger partial charge in [-0.25, -0.2) is 4.98 Å². The zero-order chi connectivity index (χ0) is 14.2. The van der Waals surface area contributed by atoms with Gasteiger partial charge in [0, 0.05) is 11.8 Å². The van der Waals surface area contributed by atoms with E-state index in [0.717, 1.165) is 23.8 Å². The quantitative estimate of drug-likeness (QED) is 0.850. The molecule has 3 rings (SSSR count). The maximum absolute atomic E-state index is 5.73. The molecule has 5 heteroatoms. The van der Waals surface area contributed by atoms with Crippen molar-refractivity contribution in [3.8, 4) is 10.9 Å². The maximum Gasteiger partial charge on any atom is 0.276 e. The van der Waals surface area contributed by atoms with Gasteiger partial charge in [0.15, 0.2) is 5.01 Å². The van der Waals surface area contributed by atoms with E-state index in [1.54, 1.807) is 11.3 Å². The summed E-state index contributed by atoms with van der Waals surface area (Å²) in [6, 6.07) is 0. The van der Waals surface area contributed by atoms with Crippen LogP contribution >= 0.6 is 11.3 Å². The summed E-state index contributed by atoms with van der Waals surface area (Å²) in [5.74, 6) is 2.10. The zero-order valence-corrected chi connectivity index (χ0v) is 13.2. The smallest absolute Gasteiger partial charge is 0.276 e. The zero-order valence-electron chi connectivity index (χ0n) is 12.3. The molecule has 2 aromatic rings. The van der Waals surface area contributed by atoms with Gasteiger partial charge in [0.25, 0.3) is 5.89 Å². The highest BCUT2D eigenvalue weighted by Gasteiger charge is 2.21. The van der Waals surface area contributed by atoms with Crippen molar-refractivity contribution in [2.45, 2.75) is 52.9 Å². The van der Waals surface area contributed by atoms with Gasteiger partial charge in [-0.3, -0.25) is 0 Å². The topological polar surface area (TPSA) is 51.8 Å². The molecule has 108 valence electrons. The second-order valence-electron chi connectivity index (χ2n) is 6.88. The molecule has 4 nitrogen and oxygen atoms in total. The number of rotatable bonds is 4. The van der Waals surface area contributed by atoms with Crippen molar-refractivity contribution in [3.05, 3.63) is 17.0 Å². The van der Waals surface area contributed by atoms with Gasteiger partial charge in [-0.2, -0.15) is 0 Å². The van der Waals surface area contributed by atoms with E-state index in [9.17, 15) is 0 Å². The highest BCUT2D eigenvalue weighted by molar-refractivity contribution is 7.13. The number of thiazole rings is 1. The number of aromatic nitrogens is 3. The van der Waals surface area contributed by atoms with E-state index in [1.165, 1.54) is 25.0 Å². The van der Waals surface area contributed by atoms with Gasteiger partial charge in [0.2, 0.25) is 5.89 Å². The van der Waals surface area contributed by atoms with Crippen molar-refractivity contribution in [1.29, 1.82) is 0 Å². The molecule has 0 N–H and O–H groups in total. The molecule has 0 unspecified atom stereocenters. The Morgan fingerprint density at radius 3 is 2.75 bits per heavy atom. The molecule has 0 amide bonds. The predicted molar refractivity (Wildman–Crippen MR) is 79.6 cm³/mol. The first kappa shape index (κ1) is 13.7. The van der Waals surface area contributed by atoms with Gasteiger partial charge in [-0.05, 0) is 17.8 Å². The fourth-order valence-electron chi connectivity index (χ4n) is 2.36. The largest absolute Gasteiger partial charge is 0.419 e. The molecule has 0 aromatic carbocycles. The molecule has 1 aliphatic carbocycles. The third kappa shape index (κ3) is 3.26. The van der Waals surface area contributed by atoms with Crippen LogP contribution in [0.3, 0.4) is 0 Å². The Kier molecular flexibility index (Phi) is 3.63. The molecule has 2 heterocycles. The lowest BCUT2D eigenvalue weighted by Crippen LogP contribution is -2.13. The van der Waals surface area contributed by atoms with E-state index < -0.39 is 0 Å². The molecule has 1 saturated carbocycles. The number of hydrogen-bond donors (Lipinski definition) is 0. The SMILES string of the molecule is CC(C)(C)Cc1nnc(-c2nc(CC3CCC3)cs2)o1. The molecule has 1 aliphatic rings. The van der Waals surface area contributed by atoms with E-state index in [4.69, 9.17) is 4.42 Å². The third-order valence-electron chi connectivity index (χ3n) is 3.61. The van der Waals surface area contributed by atoms with Crippen LogP contribution in [0.4, 0.5) is 0 Å². The van der Waals surface area contributed by atoms with Crippen molar-refractivity contribution in [1.82, 2.24) is 15.2 Å². The molecule has 0 atom stereocenters. The van der Waals surface area contributed by atoms with Crippen molar-refractivity contribution in [2.75, 3.05) is 0 Å². The summed E-state index contributed by atoms with van der Waals surface area (Å²) in [5.41, 5.74) is 1.33. The van der Waals surface area contributed by atoms with Crippen LogP contribution in [-0.4, -0.2) is 15.2 Å². The van der Waals surface area contributed by atoms with Crippen LogP contribution in [-0.2, 0) is 12.8 Å². The maximum atomic E-state index is 5.73. The van der Waals surface area contributed by atoms with Gasteiger partial charge < -0.3 is 4.42 Å². The highest BCUT2D eigenvalue weighted by atomic mass is 32.1. The Bertz CT molecular complexity index is 578. The predicted octanol–water partition coefficient (Wildman–Crippen LogP) is 4.12. The summed E-state index contributed by atoms with van der Waals surface area (Å²) in [7, 11) is 0. The molecule has 0 radical (unpaired) electrons. The van der Waals surface area contributed by atoms with Crippen molar-refractivity contribution >= 4 is 11.3 Å². The highest BCUT2D eigenvalue weighted by Crippen LogP contribution is 2.31. The minimum Gasteiger partial charge on any atom is -0.419 e. The van der Waals surface area contributed by atoms with Crippen LogP contribution in [0.2, 0.25) is 0 Å². The minimum absolute atomic E-state index is 0.155. The molecule has 0 spiro atoms. The average Bonchev–Trinajstić information content (AvgIpc) is 2.89. The Labute approximate surface area is 123 Å². The van der Waals surface area contributed by atoms with Crippen LogP contribution in [0, 0.1) is 11.3 Å². The number of hydrogen-bond acceptors (Lipinski definition) is 5. The van der Waals surface area contributed by atoms with E-state index in [2.05, 4.69) is 41.3 Å². The Balaban J connectivity index is 1.69. The molecule has 20 heavy (non-hydrogen) atoms. The lowest BCUT2D eigenvalue weighted by molar-refractivity contribution is 0.312. The molecule has 0 bridgehead atoms. The molecule has 1 fully saturated rings. The first-order valence-corrected chi connectivity index (χ1v) is 8.15. The van der Waals surface area contributed by atoms with Crippen LogP contribution < -0.4 is 0 Å². The van der Waals surface area contributed by atoms with Crippen LogP contribution in [0.15, 0.2) is 9.80 Å². The van der Waals surface area contributed by atoms with Gasteiger partial charge in [-0.1, -0.05) is 40.0 Å². The summed E-state index contributed by atoms with van der Waals surface area (Å²) >= 11 is 1.60. The first-order valence-electron chi connectivity index (χ1n) is 7.27. The van der Waals surface area contributed by atoms with Crippen LogP contribution in [0.5, 0.6) is 0 Å².